The summed E-state index contributed by atoms with van der Waals surface area (Å²) in [6.45, 7) is 3.86. The quantitative estimate of drug-likeness (QED) is 0.677. The molecule has 1 aromatic heterocycles. The molecule has 2 saturated heterocycles. The van der Waals surface area contributed by atoms with Crippen LogP contribution in [0.5, 0.6) is 0 Å². The molecule has 0 bridgehead atoms. The number of rotatable bonds is 4. The van der Waals surface area contributed by atoms with Gasteiger partial charge in [0.05, 0.1) is 0 Å². The number of carbonyl (C=O) groups excluding carboxylic acids is 3. The minimum atomic E-state index is -0.0693. The number of aromatic amines is 1. The number of aromatic nitrogens is 1. The molecule has 3 amide bonds. The van der Waals surface area contributed by atoms with E-state index in [1.54, 1.807) is 0 Å². The van der Waals surface area contributed by atoms with E-state index in [4.69, 9.17) is 0 Å². The number of piperazine rings is 1. The van der Waals surface area contributed by atoms with Gasteiger partial charge >= 0.3 is 0 Å². The number of nitrogens with zero attached hydrogens (tertiary/aromatic N) is 3. The Bertz CT molecular complexity index is 1130. The summed E-state index contributed by atoms with van der Waals surface area (Å²) in [4.78, 5) is 45.3. The lowest BCUT2D eigenvalue weighted by Crippen LogP contribution is -2.50. The second kappa shape index (κ2) is 7.57. The van der Waals surface area contributed by atoms with E-state index in [9.17, 15) is 14.4 Å². The van der Waals surface area contributed by atoms with Gasteiger partial charge in [0.1, 0.15) is 5.69 Å². The molecule has 2 aromatic carbocycles. The van der Waals surface area contributed by atoms with Crippen LogP contribution in [-0.2, 0) is 9.59 Å². The van der Waals surface area contributed by atoms with Gasteiger partial charge in [-0.1, -0.05) is 30.3 Å². The first kappa shape index (κ1) is 18.8. The number of fused-ring (bicyclic) bond motifs is 3. The maximum atomic E-state index is 13.0. The topological polar surface area (TPSA) is 76.7 Å². The molecule has 7 nitrogen and oxygen atoms in total. The highest BCUT2D eigenvalue weighted by Crippen LogP contribution is 2.26. The maximum Gasteiger partial charge on any atom is 0.270 e. The summed E-state index contributed by atoms with van der Waals surface area (Å²) in [5.74, 6) is -0.125. The Hall–Kier alpha value is -3.19. The number of likely N-dealkylation sites (tertiary alicyclic amines) is 1. The lowest BCUT2D eigenvalue weighted by Gasteiger charge is -2.35. The zero-order valence-electron chi connectivity index (χ0n) is 16.8. The largest absolute Gasteiger partial charge is 0.351 e. The molecule has 30 heavy (non-hydrogen) atoms. The molecule has 0 saturated carbocycles. The maximum absolute atomic E-state index is 13.0. The van der Waals surface area contributed by atoms with Crippen LogP contribution < -0.4 is 0 Å². The van der Waals surface area contributed by atoms with Crippen molar-refractivity contribution in [1.82, 2.24) is 19.7 Å². The van der Waals surface area contributed by atoms with Gasteiger partial charge in [-0.15, -0.1) is 0 Å². The highest BCUT2D eigenvalue weighted by Gasteiger charge is 2.30. The van der Waals surface area contributed by atoms with Crippen molar-refractivity contribution in [3.8, 4) is 0 Å². The molecular formula is C23H24N4O3. The predicted molar refractivity (Wildman–Crippen MR) is 114 cm³/mol. The average Bonchev–Trinajstić information content (AvgIpc) is 3.35. The molecule has 0 radical (unpaired) electrons. The van der Waals surface area contributed by atoms with Crippen LogP contribution in [0.25, 0.3) is 21.7 Å². The van der Waals surface area contributed by atoms with Crippen LogP contribution in [0.1, 0.15) is 23.3 Å². The van der Waals surface area contributed by atoms with Gasteiger partial charge in [0, 0.05) is 63.0 Å². The first-order valence-electron chi connectivity index (χ1n) is 10.5. The van der Waals surface area contributed by atoms with E-state index in [0.29, 0.717) is 44.7 Å². The standard InChI is InChI=1S/C23H24N4O3/c28-21-7-8-22(29)27(21)14-11-25-9-12-26(13-10-25)23(30)20-15-18-17-4-2-1-3-16(17)5-6-19(18)24-20/h1-6,15,24H,7-14H2. The van der Waals surface area contributed by atoms with Gasteiger partial charge in [-0.3, -0.25) is 24.2 Å². The van der Waals surface area contributed by atoms with E-state index < -0.39 is 0 Å². The number of H-pyrrole nitrogens is 1. The van der Waals surface area contributed by atoms with Crippen molar-refractivity contribution in [1.29, 1.82) is 0 Å². The SMILES string of the molecule is O=C(c1cc2c(ccc3ccccc32)[nH]1)N1CCN(CCN2C(=O)CCC2=O)CC1. The Morgan fingerprint density at radius 1 is 0.867 bits per heavy atom. The fraction of sp³-hybridized carbons (Fsp3) is 0.348. The zero-order valence-corrected chi connectivity index (χ0v) is 16.8. The number of hydrogen-bond donors (Lipinski definition) is 1. The Balaban J connectivity index is 1.23. The molecule has 5 rings (SSSR count). The van der Waals surface area contributed by atoms with Crippen LogP contribution in [0.4, 0.5) is 0 Å². The van der Waals surface area contributed by atoms with E-state index in [2.05, 4.69) is 28.1 Å². The van der Waals surface area contributed by atoms with Crippen molar-refractivity contribution in [2.24, 2.45) is 0 Å². The van der Waals surface area contributed by atoms with Gasteiger partial charge in [-0.05, 0) is 22.9 Å². The van der Waals surface area contributed by atoms with E-state index in [0.717, 1.165) is 34.8 Å². The Morgan fingerprint density at radius 3 is 2.37 bits per heavy atom. The minimum Gasteiger partial charge on any atom is -0.351 e. The number of hydrogen-bond acceptors (Lipinski definition) is 4. The van der Waals surface area contributed by atoms with Crippen LogP contribution >= 0.6 is 0 Å². The lowest BCUT2D eigenvalue weighted by atomic mass is 10.1. The number of carbonyl (C=O) groups is 3. The van der Waals surface area contributed by atoms with Gasteiger partial charge in [0.2, 0.25) is 11.8 Å². The highest BCUT2D eigenvalue weighted by atomic mass is 16.2. The number of nitrogens with one attached hydrogen (secondary N) is 1. The van der Waals surface area contributed by atoms with Crippen molar-refractivity contribution in [2.45, 2.75) is 12.8 Å². The molecular weight excluding hydrogens is 380 g/mol. The molecule has 7 heteroatoms. The summed E-state index contributed by atoms with van der Waals surface area (Å²) in [5, 5.41) is 3.36. The number of imide groups is 1. The molecule has 154 valence electrons. The van der Waals surface area contributed by atoms with Gasteiger partial charge in [-0.2, -0.15) is 0 Å². The van der Waals surface area contributed by atoms with Gasteiger partial charge in [-0.25, -0.2) is 0 Å². The summed E-state index contributed by atoms with van der Waals surface area (Å²) in [6.07, 6.45) is 0.668. The normalized spacial score (nSPS) is 18.1. The van der Waals surface area contributed by atoms with Crippen molar-refractivity contribution >= 4 is 39.4 Å². The minimum absolute atomic E-state index is 0.0137. The Kier molecular flexibility index (Phi) is 4.75. The van der Waals surface area contributed by atoms with Crippen LogP contribution in [0, 0.1) is 0 Å². The third-order valence-corrected chi connectivity index (χ3v) is 6.21. The van der Waals surface area contributed by atoms with Gasteiger partial charge in [0.15, 0.2) is 0 Å². The monoisotopic (exact) mass is 404 g/mol. The summed E-state index contributed by atoms with van der Waals surface area (Å²) in [7, 11) is 0. The molecule has 2 aliphatic heterocycles. The fourth-order valence-corrected chi connectivity index (χ4v) is 4.46. The summed E-state index contributed by atoms with van der Waals surface area (Å²) in [6, 6.07) is 14.2. The molecule has 1 N–H and O–H groups in total. The Labute approximate surface area is 174 Å². The van der Waals surface area contributed by atoms with Gasteiger partial charge in [0.25, 0.3) is 5.91 Å². The van der Waals surface area contributed by atoms with Crippen molar-refractivity contribution in [3.63, 3.8) is 0 Å². The van der Waals surface area contributed by atoms with Crippen molar-refractivity contribution in [3.05, 3.63) is 48.2 Å². The van der Waals surface area contributed by atoms with E-state index in [1.807, 2.05) is 29.2 Å². The van der Waals surface area contributed by atoms with Gasteiger partial charge < -0.3 is 9.88 Å². The molecule has 0 atom stereocenters. The molecule has 0 aliphatic carbocycles. The molecule has 0 unspecified atom stereocenters. The summed E-state index contributed by atoms with van der Waals surface area (Å²) >= 11 is 0. The summed E-state index contributed by atoms with van der Waals surface area (Å²) < 4.78 is 0. The van der Waals surface area contributed by atoms with Crippen LogP contribution in [0.2, 0.25) is 0 Å². The van der Waals surface area contributed by atoms with Crippen molar-refractivity contribution < 1.29 is 14.4 Å². The molecule has 3 aromatic rings. The van der Waals surface area contributed by atoms with Crippen LogP contribution in [0.3, 0.4) is 0 Å². The second-order valence-electron chi connectivity index (χ2n) is 8.00. The lowest BCUT2D eigenvalue weighted by molar-refractivity contribution is -0.138. The fourth-order valence-electron chi connectivity index (χ4n) is 4.46. The third kappa shape index (κ3) is 3.35. The average molecular weight is 404 g/mol. The zero-order chi connectivity index (χ0) is 20.7. The number of benzene rings is 2. The van der Waals surface area contributed by atoms with Crippen LogP contribution in [-0.4, -0.2) is 76.7 Å². The molecule has 0 spiro atoms. The summed E-state index contributed by atoms with van der Waals surface area (Å²) in [5.41, 5.74) is 1.58. The Morgan fingerprint density at radius 2 is 1.60 bits per heavy atom. The molecule has 2 aliphatic rings. The van der Waals surface area contributed by atoms with E-state index in [1.165, 1.54) is 4.90 Å². The van der Waals surface area contributed by atoms with E-state index in [-0.39, 0.29) is 17.7 Å². The third-order valence-electron chi connectivity index (χ3n) is 6.21. The first-order valence-corrected chi connectivity index (χ1v) is 10.5. The van der Waals surface area contributed by atoms with E-state index >= 15 is 0 Å². The molecule has 3 heterocycles. The van der Waals surface area contributed by atoms with Crippen LogP contribution in [0.15, 0.2) is 42.5 Å². The number of amides is 3. The molecule has 2 fully saturated rings. The highest BCUT2D eigenvalue weighted by molar-refractivity contribution is 6.09. The predicted octanol–water partition coefficient (Wildman–Crippen LogP) is 2.23. The second-order valence-corrected chi connectivity index (χ2v) is 8.00. The van der Waals surface area contributed by atoms with Crippen molar-refractivity contribution in [2.75, 3.05) is 39.3 Å². The first-order chi connectivity index (χ1) is 14.6. The smallest absolute Gasteiger partial charge is 0.270 e.